The van der Waals surface area contributed by atoms with Crippen LogP contribution in [0.4, 0.5) is 11.4 Å². The van der Waals surface area contributed by atoms with Gasteiger partial charge in [-0.25, -0.2) is 0 Å². The Bertz CT molecular complexity index is 1130. The zero-order chi connectivity index (χ0) is 27.1. The summed E-state index contributed by atoms with van der Waals surface area (Å²) < 4.78 is 12.0. The molecule has 0 saturated carbocycles. The van der Waals surface area contributed by atoms with Crippen molar-refractivity contribution < 1.29 is 23.9 Å². The second-order valence-corrected chi connectivity index (χ2v) is 10.7. The molecular weight excluding hydrogens is 552 g/mol. The zero-order valence-corrected chi connectivity index (χ0v) is 23.5. The average Bonchev–Trinajstić information content (AvgIpc) is 3.30. The Balaban J connectivity index is 1.21. The molecule has 2 heterocycles. The monoisotopic (exact) mass is 586 g/mol. The molecular formula is C28H35BrN4O5. The summed E-state index contributed by atoms with van der Waals surface area (Å²) in [5.74, 6) is -0.252. The molecule has 204 valence electrons. The molecule has 4 rings (SSSR count). The van der Waals surface area contributed by atoms with Crippen molar-refractivity contribution in [2.75, 3.05) is 62.8 Å². The number of rotatable bonds is 10. The lowest BCUT2D eigenvalue weighted by atomic mass is 10.1. The van der Waals surface area contributed by atoms with Crippen LogP contribution in [-0.4, -0.2) is 75.2 Å². The summed E-state index contributed by atoms with van der Waals surface area (Å²) in [5.41, 5.74) is 3.41. The summed E-state index contributed by atoms with van der Waals surface area (Å²) in [4.78, 5) is 41.6. The van der Waals surface area contributed by atoms with Gasteiger partial charge in [-0.2, -0.15) is 0 Å². The van der Waals surface area contributed by atoms with Gasteiger partial charge in [-0.15, -0.1) is 0 Å². The number of carbonyl (C=O) groups excluding carboxylic acids is 3. The smallest absolute Gasteiger partial charge is 0.262 e. The summed E-state index contributed by atoms with van der Waals surface area (Å²) in [7, 11) is 0. The highest BCUT2D eigenvalue weighted by atomic mass is 79.9. The lowest BCUT2D eigenvalue weighted by Crippen LogP contribution is -2.39. The largest absolute Gasteiger partial charge is 0.484 e. The molecule has 38 heavy (non-hydrogen) atoms. The molecule has 0 spiro atoms. The molecule has 2 aromatic rings. The molecule has 2 saturated heterocycles. The molecule has 1 atom stereocenters. The van der Waals surface area contributed by atoms with Crippen LogP contribution in [0.15, 0.2) is 40.9 Å². The van der Waals surface area contributed by atoms with Gasteiger partial charge in [0.15, 0.2) is 6.61 Å². The fraction of sp³-hybridized carbons (Fsp3) is 0.464. The number of hydrogen-bond donors (Lipinski definition) is 2. The third-order valence-electron chi connectivity index (χ3n) is 6.83. The summed E-state index contributed by atoms with van der Waals surface area (Å²) >= 11 is 3.46. The Morgan fingerprint density at radius 1 is 1.11 bits per heavy atom. The molecule has 10 heteroatoms. The highest BCUT2D eigenvalue weighted by Crippen LogP contribution is 2.28. The van der Waals surface area contributed by atoms with Crippen molar-refractivity contribution in [1.82, 2.24) is 10.2 Å². The van der Waals surface area contributed by atoms with Crippen LogP contribution in [0.2, 0.25) is 0 Å². The van der Waals surface area contributed by atoms with E-state index in [9.17, 15) is 14.4 Å². The van der Waals surface area contributed by atoms with E-state index in [4.69, 9.17) is 9.47 Å². The standard InChI is InChI=1S/C28H35BrN4O5/c1-19-14-22(29)15-20(2)27(19)31-25(34)18-38-24-6-4-23(5-7-24)33-17-21(16-26(33)35)28(36)30-8-3-9-32-10-12-37-13-11-32/h4-7,14-15,21H,3,8-13,16-18H2,1-2H3,(H,30,36)(H,31,34)/t21-/m1/s1. The number of amides is 3. The number of hydrogen-bond acceptors (Lipinski definition) is 6. The Morgan fingerprint density at radius 2 is 1.79 bits per heavy atom. The third kappa shape index (κ3) is 7.55. The summed E-state index contributed by atoms with van der Waals surface area (Å²) in [6.07, 6.45) is 1.07. The van der Waals surface area contributed by atoms with Gasteiger partial charge >= 0.3 is 0 Å². The van der Waals surface area contributed by atoms with Crippen LogP contribution in [0.1, 0.15) is 24.0 Å². The molecule has 2 N–H and O–H groups in total. The van der Waals surface area contributed by atoms with Crippen molar-refractivity contribution in [2.45, 2.75) is 26.7 Å². The minimum atomic E-state index is -0.365. The van der Waals surface area contributed by atoms with Gasteiger partial charge in [0.1, 0.15) is 5.75 Å². The minimum Gasteiger partial charge on any atom is -0.484 e. The van der Waals surface area contributed by atoms with Gasteiger partial charge in [0.05, 0.1) is 19.1 Å². The van der Waals surface area contributed by atoms with Crippen molar-refractivity contribution in [1.29, 1.82) is 0 Å². The van der Waals surface area contributed by atoms with Gasteiger partial charge in [0, 0.05) is 48.4 Å². The predicted octanol–water partition coefficient (Wildman–Crippen LogP) is 3.27. The van der Waals surface area contributed by atoms with Crippen molar-refractivity contribution >= 4 is 45.0 Å². The van der Waals surface area contributed by atoms with E-state index in [1.54, 1.807) is 29.2 Å². The fourth-order valence-electron chi connectivity index (χ4n) is 4.77. The summed E-state index contributed by atoms with van der Waals surface area (Å²) in [5, 5.41) is 5.89. The third-order valence-corrected chi connectivity index (χ3v) is 7.29. The van der Waals surface area contributed by atoms with Gasteiger partial charge in [0.2, 0.25) is 11.8 Å². The first-order valence-electron chi connectivity index (χ1n) is 13.0. The van der Waals surface area contributed by atoms with Crippen LogP contribution in [0.5, 0.6) is 5.75 Å². The molecule has 9 nitrogen and oxygen atoms in total. The normalized spacial score (nSPS) is 17.9. The van der Waals surface area contributed by atoms with Crippen molar-refractivity contribution in [3.63, 3.8) is 0 Å². The van der Waals surface area contributed by atoms with Crippen molar-refractivity contribution in [2.24, 2.45) is 5.92 Å². The second kappa shape index (κ2) is 13.2. The van der Waals surface area contributed by atoms with E-state index in [0.29, 0.717) is 24.5 Å². The molecule has 0 unspecified atom stereocenters. The molecule has 2 aliphatic rings. The Hall–Kier alpha value is -2.95. The maximum Gasteiger partial charge on any atom is 0.262 e. The number of halogens is 1. The highest BCUT2D eigenvalue weighted by Gasteiger charge is 2.35. The van der Waals surface area contributed by atoms with Gasteiger partial charge in [0.25, 0.3) is 5.91 Å². The first-order valence-corrected chi connectivity index (χ1v) is 13.8. The lowest BCUT2D eigenvalue weighted by Gasteiger charge is -2.26. The van der Waals surface area contributed by atoms with Gasteiger partial charge in [-0.3, -0.25) is 19.3 Å². The van der Waals surface area contributed by atoms with Crippen molar-refractivity contribution in [3.8, 4) is 5.75 Å². The fourth-order valence-corrected chi connectivity index (χ4v) is 5.46. The maximum atomic E-state index is 12.6. The molecule has 3 amide bonds. The number of anilines is 2. The van der Waals surface area contributed by atoms with Gasteiger partial charge in [-0.05, 0) is 74.3 Å². The van der Waals surface area contributed by atoms with Crippen LogP contribution in [0.3, 0.4) is 0 Å². The Labute approximate surface area is 232 Å². The highest BCUT2D eigenvalue weighted by molar-refractivity contribution is 9.10. The van der Waals surface area contributed by atoms with Crippen LogP contribution < -0.4 is 20.3 Å². The number of nitrogens with zero attached hydrogens (tertiary/aromatic N) is 2. The number of morpholine rings is 1. The lowest BCUT2D eigenvalue weighted by molar-refractivity contribution is -0.126. The summed E-state index contributed by atoms with van der Waals surface area (Å²) in [6.45, 7) is 9.02. The van der Waals surface area contributed by atoms with E-state index >= 15 is 0 Å². The van der Waals surface area contributed by atoms with Crippen LogP contribution >= 0.6 is 15.9 Å². The first kappa shape index (κ1) is 28.1. The molecule has 2 fully saturated rings. The number of carbonyl (C=O) groups is 3. The topological polar surface area (TPSA) is 100 Å². The van der Waals surface area contributed by atoms with E-state index in [1.165, 1.54) is 0 Å². The van der Waals surface area contributed by atoms with E-state index < -0.39 is 0 Å². The molecule has 0 bridgehead atoms. The van der Waals surface area contributed by atoms with Gasteiger partial charge in [-0.1, -0.05) is 15.9 Å². The SMILES string of the molecule is Cc1cc(Br)cc(C)c1NC(=O)COc1ccc(N2C[C@H](C(=O)NCCCN3CCOCC3)CC2=O)cc1. The van der Waals surface area contributed by atoms with Gasteiger partial charge < -0.3 is 25.0 Å². The van der Waals surface area contributed by atoms with E-state index in [0.717, 1.165) is 60.6 Å². The Morgan fingerprint density at radius 3 is 2.47 bits per heavy atom. The molecule has 2 aliphatic heterocycles. The first-order chi connectivity index (χ1) is 18.3. The van der Waals surface area contributed by atoms with E-state index in [-0.39, 0.29) is 36.7 Å². The number of nitrogens with one attached hydrogen (secondary N) is 2. The van der Waals surface area contributed by atoms with Crippen LogP contribution in [0.25, 0.3) is 0 Å². The number of ether oxygens (including phenoxy) is 2. The zero-order valence-electron chi connectivity index (χ0n) is 21.9. The molecule has 2 aromatic carbocycles. The predicted molar refractivity (Wildman–Crippen MR) is 150 cm³/mol. The minimum absolute atomic E-state index is 0.0771. The summed E-state index contributed by atoms with van der Waals surface area (Å²) in [6, 6.07) is 10.9. The maximum absolute atomic E-state index is 12.6. The number of aryl methyl sites for hydroxylation is 2. The second-order valence-electron chi connectivity index (χ2n) is 9.75. The number of benzene rings is 2. The quantitative estimate of drug-likeness (QED) is 0.414. The van der Waals surface area contributed by atoms with E-state index in [1.807, 2.05) is 26.0 Å². The van der Waals surface area contributed by atoms with Crippen molar-refractivity contribution in [3.05, 3.63) is 52.0 Å². The average molecular weight is 588 g/mol. The molecule has 0 aromatic heterocycles. The molecule has 0 aliphatic carbocycles. The van der Waals surface area contributed by atoms with Crippen LogP contribution in [0, 0.1) is 19.8 Å². The van der Waals surface area contributed by atoms with Crippen LogP contribution in [-0.2, 0) is 19.1 Å². The van der Waals surface area contributed by atoms with E-state index in [2.05, 4.69) is 31.5 Å². The molecule has 0 radical (unpaired) electrons. The Kier molecular flexibility index (Phi) is 9.76.